The molecule has 1 aliphatic heterocycles. The zero-order valence-corrected chi connectivity index (χ0v) is 11.6. The number of aromatic nitrogens is 2. The molecule has 8 heteroatoms. The number of halogens is 1. The lowest BCUT2D eigenvalue weighted by atomic mass is 10.0. The Balaban J connectivity index is 2.11. The summed E-state index contributed by atoms with van der Waals surface area (Å²) in [5.41, 5.74) is 0. The van der Waals surface area contributed by atoms with Gasteiger partial charge < -0.3 is 0 Å². The van der Waals surface area contributed by atoms with E-state index < -0.39 is 10.2 Å². The number of nitrogens with zero attached hydrogens (tertiary/aromatic N) is 3. The van der Waals surface area contributed by atoms with Crippen molar-refractivity contribution < 1.29 is 8.42 Å². The number of rotatable bonds is 3. The van der Waals surface area contributed by atoms with E-state index in [9.17, 15) is 8.42 Å². The van der Waals surface area contributed by atoms with Gasteiger partial charge in [0.05, 0.1) is 12.4 Å². The minimum absolute atomic E-state index is 0.140. The van der Waals surface area contributed by atoms with Gasteiger partial charge in [-0.25, -0.2) is 4.98 Å². The minimum Gasteiger partial charge on any atom is -0.258 e. The van der Waals surface area contributed by atoms with E-state index in [-0.39, 0.29) is 11.0 Å². The van der Waals surface area contributed by atoms with Crippen molar-refractivity contribution >= 4 is 27.6 Å². The van der Waals surface area contributed by atoms with E-state index in [0.29, 0.717) is 19.0 Å². The van der Waals surface area contributed by atoms with E-state index in [1.165, 1.54) is 16.7 Å². The van der Waals surface area contributed by atoms with Crippen LogP contribution in [0.15, 0.2) is 12.4 Å². The third-order valence-corrected chi connectivity index (χ3v) is 4.46. The van der Waals surface area contributed by atoms with Crippen LogP contribution in [-0.2, 0) is 10.2 Å². The molecule has 1 fully saturated rings. The van der Waals surface area contributed by atoms with Gasteiger partial charge in [0, 0.05) is 13.1 Å². The highest BCUT2D eigenvalue weighted by Gasteiger charge is 2.27. The standard InChI is InChI=1S/C10H15ClN4O2S/c1-8-3-2-4-15(7-8)18(16,17)14-10-6-12-5-9(11)13-10/h5-6,8H,2-4,7H2,1H3,(H,13,14). The molecule has 0 aliphatic carbocycles. The van der Waals surface area contributed by atoms with Gasteiger partial charge in [-0.05, 0) is 18.8 Å². The Morgan fingerprint density at radius 3 is 2.94 bits per heavy atom. The van der Waals surface area contributed by atoms with Crippen molar-refractivity contribution in [3.8, 4) is 0 Å². The van der Waals surface area contributed by atoms with Crippen LogP contribution in [0.1, 0.15) is 19.8 Å². The van der Waals surface area contributed by atoms with Crippen LogP contribution in [0.2, 0.25) is 5.15 Å². The molecular formula is C10H15ClN4O2S. The average molecular weight is 291 g/mol. The Bertz CT molecular complexity index is 522. The van der Waals surface area contributed by atoms with Crippen molar-refractivity contribution in [1.82, 2.24) is 14.3 Å². The van der Waals surface area contributed by atoms with Gasteiger partial charge in [0.1, 0.15) is 5.15 Å². The topological polar surface area (TPSA) is 75.2 Å². The summed E-state index contributed by atoms with van der Waals surface area (Å²) >= 11 is 5.66. The van der Waals surface area contributed by atoms with Gasteiger partial charge in [-0.3, -0.25) is 9.71 Å². The fourth-order valence-electron chi connectivity index (χ4n) is 1.95. The lowest BCUT2D eigenvalue weighted by molar-refractivity contribution is 0.282. The Hall–Kier alpha value is -0.920. The van der Waals surface area contributed by atoms with Crippen molar-refractivity contribution in [1.29, 1.82) is 0 Å². The maximum atomic E-state index is 12.1. The summed E-state index contributed by atoms with van der Waals surface area (Å²) in [6.45, 7) is 3.11. The summed E-state index contributed by atoms with van der Waals surface area (Å²) in [7, 11) is -3.56. The summed E-state index contributed by atoms with van der Waals surface area (Å²) in [5, 5.41) is 0.155. The highest BCUT2D eigenvalue weighted by molar-refractivity contribution is 7.90. The lowest BCUT2D eigenvalue weighted by Gasteiger charge is -2.29. The zero-order valence-electron chi connectivity index (χ0n) is 10.0. The Morgan fingerprint density at radius 1 is 1.50 bits per heavy atom. The third kappa shape index (κ3) is 3.30. The first-order chi connectivity index (χ1) is 8.47. The molecular weight excluding hydrogens is 276 g/mol. The van der Waals surface area contributed by atoms with Gasteiger partial charge in [0.15, 0.2) is 5.82 Å². The first-order valence-corrected chi connectivity index (χ1v) is 7.54. The molecule has 1 N–H and O–H groups in total. The minimum atomic E-state index is -3.56. The molecule has 0 spiro atoms. The summed E-state index contributed by atoms with van der Waals surface area (Å²) in [6.07, 6.45) is 4.62. The lowest BCUT2D eigenvalue weighted by Crippen LogP contribution is -2.42. The molecule has 0 saturated carbocycles. The van der Waals surface area contributed by atoms with E-state index in [2.05, 4.69) is 14.7 Å². The van der Waals surface area contributed by atoms with Gasteiger partial charge in [0.25, 0.3) is 0 Å². The van der Waals surface area contributed by atoms with Crippen LogP contribution in [-0.4, -0.2) is 35.8 Å². The van der Waals surface area contributed by atoms with Crippen molar-refractivity contribution in [3.63, 3.8) is 0 Å². The van der Waals surface area contributed by atoms with E-state index in [4.69, 9.17) is 11.6 Å². The number of hydrogen-bond donors (Lipinski definition) is 1. The molecule has 1 aromatic rings. The van der Waals surface area contributed by atoms with Gasteiger partial charge in [-0.15, -0.1) is 0 Å². The summed E-state index contributed by atoms with van der Waals surface area (Å²) < 4.78 is 28.1. The molecule has 0 amide bonds. The Morgan fingerprint density at radius 2 is 2.28 bits per heavy atom. The SMILES string of the molecule is CC1CCCN(S(=O)(=O)Nc2cncc(Cl)n2)C1. The Kier molecular flexibility index (Phi) is 4.04. The normalized spacial score (nSPS) is 21.8. The van der Waals surface area contributed by atoms with Crippen LogP contribution < -0.4 is 4.72 Å². The second kappa shape index (κ2) is 5.38. The maximum Gasteiger partial charge on any atom is 0.302 e. The van der Waals surface area contributed by atoms with E-state index >= 15 is 0 Å². The van der Waals surface area contributed by atoms with Crippen molar-refractivity contribution in [2.45, 2.75) is 19.8 Å². The van der Waals surface area contributed by atoms with Gasteiger partial charge in [-0.2, -0.15) is 12.7 Å². The molecule has 1 unspecified atom stereocenters. The van der Waals surface area contributed by atoms with E-state index in [1.54, 1.807) is 0 Å². The molecule has 2 heterocycles. The largest absolute Gasteiger partial charge is 0.302 e. The van der Waals surface area contributed by atoms with Crippen LogP contribution in [0.5, 0.6) is 0 Å². The first kappa shape index (κ1) is 13.5. The van der Waals surface area contributed by atoms with E-state index in [1.807, 2.05) is 6.92 Å². The predicted molar refractivity (Wildman–Crippen MR) is 69.6 cm³/mol. The van der Waals surface area contributed by atoms with Crippen LogP contribution in [0.3, 0.4) is 0 Å². The van der Waals surface area contributed by atoms with Crippen molar-refractivity contribution in [2.24, 2.45) is 5.92 Å². The van der Waals surface area contributed by atoms with Crippen molar-refractivity contribution in [2.75, 3.05) is 17.8 Å². The monoisotopic (exact) mass is 290 g/mol. The van der Waals surface area contributed by atoms with Crippen LogP contribution in [0.4, 0.5) is 5.82 Å². The predicted octanol–water partition coefficient (Wildman–Crippen LogP) is 1.52. The second-order valence-corrected chi connectivity index (χ2v) is 6.50. The van der Waals surface area contributed by atoms with Crippen LogP contribution in [0, 0.1) is 5.92 Å². The van der Waals surface area contributed by atoms with Crippen molar-refractivity contribution in [3.05, 3.63) is 17.5 Å². The molecule has 0 bridgehead atoms. The molecule has 6 nitrogen and oxygen atoms in total. The number of nitrogens with one attached hydrogen (secondary N) is 1. The zero-order chi connectivity index (χ0) is 13.2. The summed E-state index contributed by atoms with van der Waals surface area (Å²) in [6, 6.07) is 0. The van der Waals surface area contributed by atoms with Gasteiger partial charge in [0.2, 0.25) is 0 Å². The van der Waals surface area contributed by atoms with Gasteiger partial charge in [-0.1, -0.05) is 18.5 Å². The molecule has 1 aliphatic rings. The quantitative estimate of drug-likeness (QED) is 0.916. The smallest absolute Gasteiger partial charge is 0.258 e. The highest BCUT2D eigenvalue weighted by atomic mass is 35.5. The van der Waals surface area contributed by atoms with Crippen LogP contribution in [0.25, 0.3) is 0 Å². The maximum absolute atomic E-state index is 12.1. The molecule has 1 aromatic heterocycles. The van der Waals surface area contributed by atoms with Gasteiger partial charge >= 0.3 is 10.2 Å². The third-order valence-electron chi connectivity index (χ3n) is 2.80. The molecule has 1 atom stereocenters. The highest BCUT2D eigenvalue weighted by Crippen LogP contribution is 2.19. The molecule has 0 aromatic carbocycles. The average Bonchev–Trinajstić information content (AvgIpc) is 2.28. The number of anilines is 1. The molecule has 1 saturated heterocycles. The summed E-state index contributed by atoms with van der Waals surface area (Å²) in [4.78, 5) is 7.65. The van der Waals surface area contributed by atoms with E-state index in [0.717, 1.165) is 12.8 Å². The Labute approximate surface area is 112 Å². The van der Waals surface area contributed by atoms with Crippen LogP contribution >= 0.6 is 11.6 Å². The summed E-state index contributed by atoms with van der Waals surface area (Å²) in [5.74, 6) is 0.515. The fraction of sp³-hybridized carbons (Fsp3) is 0.600. The fourth-order valence-corrected chi connectivity index (χ4v) is 3.41. The first-order valence-electron chi connectivity index (χ1n) is 5.73. The molecule has 100 valence electrons. The number of piperidine rings is 1. The second-order valence-electron chi connectivity index (χ2n) is 4.44. The number of hydrogen-bond acceptors (Lipinski definition) is 4. The molecule has 0 radical (unpaired) electrons. The molecule has 2 rings (SSSR count). The molecule has 18 heavy (non-hydrogen) atoms.